The van der Waals surface area contributed by atoms with E-state index in [-0.39, 0.29) is 10.8 Å². The molecule has 0 N–H and O–H groups in total. The molecule has 70 heavy (non-hydrogen) atoms. The summed E-state index contributed by atoms with van der Waals surface area (Å²) in [6.45, 7) is 14.3. The summed E-state index contributed by atoms with van der Waals surface area (Å²) in [5.41, 5.74) is 23.8. The highest BCUT2D eigenvalue weighted by Crippen LogP contribution is 2.56. The van der Waals surface area contributed by atoms with Gasteiger partial charge in [0.15, 0.2) is 0 Å². The van der Waals surface area contributed by atoms with Crippen molar-refractivity contribution >= 4 is 53.9 Å². The Morgan fingerprint density at radius 3 is 1.53 bits per heavy atom. The Morgan fingerprint density at radius 1 is 0.286 bits per heavy atom. The van der Waals surface area contributed by atoms with Crippen LogP contribution in [0.4, 0.5) is 0 Å². The maximum atomic E-state index is 2.60. The minimum atomic E-state index is -0.247. The predicted octanol–water partition coefficient (Wildman–Crippen LogP) is 19.3. The Labute approximate surface area is 411 Å². The van der Waals surface area contributed by atoms with E-state index in [0.717, 1.165) is 12.8 Å². The average Bonchev–Trinajstić information content (AvgIpc) is 3.76. The molecule has 0 saturated heterocycles. The molecule has 0 unspecified atom stereocenters. The fourth-order valence-corrected chi connectivity index (χ4v) is 13.4. The third-order valence-corrected chi connectivity index (χ3v) is 17.0. The minimum absolute atomic E-state index is 0.113. The van der Waals surface area contributed by atoms with Crippen molar-refractivity contribution in [2.24, 2.45) is 0 Å². The molecule has 0 heterocycles. The van der Waals surface area contributed by atoms with Gasteiger partial charge in [-0.2, -0.15) is 0 Å². The molecule has 0 amide bonds. The lowest BCUT2D eigenvalue weighted by Gasteiger charge is -2.25. The Balaban J connectivity index is 1.03. The maximum Gasteiger partial charge on any atom is 0.0159 e. The lowest BCUT2D eigenvalue weighted by molar-refractivity contribution is 0.660. The lowest BCUT2D eigenvalue weighted by Crippen LogP contribution is -2.15. The summed E-state index contributed by atoms with van der Waals surface area (Å²) < 4.78 is 0. The molecular weight excluding hydrogens is 841 g/mol. The number of aryl methyl sites for hydroxylation is 2. The van der Waals surface area contributed by atoms with Crippen LogP contribution >= 0.6 is 0 Å². The Kier molecular flexibility index (Phi) is 8.74. The Bertz CT molecular complexity index is 4190. The van der Waals surface area contributed by atoms with Gasteiger partial charge in [-0.3, -0.25) is 0 Å². The first kappa shape index (κ1) is 41.2. The summed E-state index contributed by atoms with van der Waals surface area (Å²) in [7, 11) is 0. The van der Waals surface area contributed by atoms with Crippen molar-refractivity contribution in [1.29, 1.82) is 0 Å². The molecule has 0 aromatic heterocycles. The molecule has 0 heteroatoms. The fraction of sp³-hybridized carbons (Fsp3) is 0.143. The van der Waals surface area contributed by atoms with Crippen molar-refractivity contribution in [3.8, 4) is 66.8 Å². The predicted molar refractivity (Wildman–Crippen MR) is 301 cm³/mol. The van der Waals surface area contributed by atoms with Crippen LogP contribution in [0.1, 0.15) is 74.9 Å². The second-order valence-corrected chi connectivity index (χ2v) is 21.3. The molecule has 0 atom stereocenters. The zero-order valence-corrected chi connectivity index (χ0v) is 40.9. The molecule has 0 saturated carbocycles. The van der Waals surface area contributed by atoms with Crippen molar-refractivity contribution in [3.05, 3.63) is 228 Å². The van der Waals surface area contributed by atoms with Crippen molar-refractivity contribution < 1.29 is 0 Å². The normalized spacial score (nSPS) is 14.2. The molecule has 0 fully saturated rings. The van der Waals surface area contributed by atoms with Crippen molar-refractivity contribution in [2.45, 2.75) is 65.2 Å². The standard InChI is InChI=1S/C70H54/c1-7-41-17-9-10-21-49(41)50-32-30-47(35-42(50)8-2)66-54-23-11-12-24-55(54)67(48-31-34-52-51-22-13-14-26-61(51)69(3,4)63(52)38-48)59-39-58-53-33-29-45(37-62(53)70(5,6)64(58)40-60(59)66)57-36-46-20-15-18-43-27-28-44-19-16-25-56(57)68(44)65(43)46/h9-40H,7-8H2,1-6H3. The molecule has 0 radical (unpaired) electrons. The maximum absolute atomic E-state index is 2.60. The van der Waals surface area contributed by atoms with E-state index in [9.17, 15) is 0 Å². The second-order valence-electron chi connectivity index (χ2n) is 21.3. The van der Waals surface area contributed by atoms with E-state index < -0.39 is 0 Å². The molecular formula is C70H54. The van der Waals surface area contributed by atoms with Gasteiger partial charge >= 0.3 is 0 Å². The van der Waals surface area contributed by atoms with E-state index in [1.54, 1.807) is 0 Å². The van der Waals surface area contributed by atoms with Crippen LogP contribution in [-0.2, 0) is 23.7 Å². The molecule has 0 nitrogen and oxygen atoms in total. The van der Waals surface area contributed by atoms with Crippen LogP contribution in [0.15, 0.2) is 194 Å². The number of hydrogen-bond acceptors (Lipinski definition) is 0. The van der Waals surface area contributed by atoms with Crippen molar-refractivity contribution in [1.82, 2.24) is 0 Å². The minimum Gasteiger partial charge on any atom is -0.0620 e. The molecule has 12 aromatic carbocycles. The number of rotatable bonds is 6. The van der Waals surface area contributed by atoms with Gasteiger partial charge in [-0.1, -0.05) is 205 Å². The van der Waals surface area contributed by atoms with Crippen LogP contribution in [0.5, 0.6) is 0 Å². The number of fused-ring (bicyclic) bond motifs is 8. The summed E-state index contributed by atoms with van der Waals surface area (Å²) in [4.78, 5) is 0. The summed E-state index contributed by atoms with van der Waals surface area (Å²) in [6, 6.07) is 75.0. The summed E-state index contributed by atoms with van der Waals surface area (Å²) in [6.07, 6.45) is 1.96. The van der Waals surface area contributed by atoms with E-state index in [2.05, 4.69) is 236 Å². The second kappa shape index (κ2) is 14.9. The van der Waals surface area contributed by atoms with Gasteiger partial charge in [0.1, 0.15) is 0 Å². The highest BCUT2D eigenvalue weighted by molar-refractivity contribution is 6.27. The zero-order valence-electron chi connectivity index (χ0n) is 40.9. The molecule has 14 rings (SSSR count). The van der Waals surface area contributed by atoms with Gasteiger partial charge in [0.25, 0.3) is 0 Å². The first-order valence-corrected chi connectivity index (χ1v) is 25.4. The third-order valence-electron chi connectivity index (χ3n) is 17.0. The zero-order chi connectivity index (χ0) is 47.2. The van der Waals surface area contributed by atoms with E-state index in [0.29, 0.717) is 0 Å². The third kappa shape index (κ3) is 5.65. The molecule has 2 aliphatic carbocycles. The van der Waals surface area contributed by atoms with Gasteiger partial charge in [0, 0.05) is 10.8 Å². The Morgan fingerprint density at radius 2 is 0.786 bits per heavy atom. The highest BCUT2D eigenvalue weighted by atomic mass is 14.4. The quantitative estimate of drug-likeness (QED) is 0.115. The monoisotopic (exact) mass is 894 g/mol. The lowest BCUT2D eigenvalue weighted by atomic mass is 9.78. The van der Waals surface area contributed by atoms with Crippen LogP contribution in [0.25, 0.3) is 121 Å². The molecule has 2 aliphatic rings. The SMILES string of the molecule is CCc1ccccc1-c1ccc(-c2c3ccccc3c(-c3ccc4c(c3)C(C)(C)c3ccccc3-4)c3cc4c(cc23)C(C)(C)c2cc(-c3cc5cccc6ccc7cccc3c7c65)ccc2-4)cc1CC. The van der Waals surface area contributed by atoms with E-state index >= 15 is 0 Å². The van der Waals surface area contributed by atoms with E-state index in [1.807, 2.05) is 0 Å². The largest absolute Gasteiger partial charge is 0.0620 e. The molecule has 0 spiro atoms. The van der Waals surface area contributed by atoms with Gasteiger partial charge in [0.2, 0.25) is 0 Å². The summed E-state index contributed by atoms with van der Waals surface area (Å²) in [5.74, 6) is 0. The topological polar surface area (TPSA) is 0 Å². The first-order chi connectivity index (χ1) is 34.1. The van der Waals surface area contributed by atoms with Gasteiger partial charge < -0.3 is 0 Å². The molecule has 334 valence electrons. The van der Waals surface area contributed by atoms with Gasteiger partial charge in [-0.15, -0.1) is 0 Å². The molecule has 0 bridgehead atoms. The van der Waals surface area contributed by atoms with E-state index in [4.69, 9.17) is 0 Å². The highest BCUT2D eigenvalue weighted by Gasteiger charge is 2.38. The van der Waals surface area contributed by atoms with Crippen molar-refractivity contribution in [2.75, 3.05) is 0 Å². The van der Waals surface area contributed by atoms with Crippen LogP contribution < -0.4 is 0 Å². The number of hydrogen-bond donors (Lipinski definition) is 0. The first-order valence-electron chi connectivity index (χ1n) is 25.4. The summed E-state index contributed by atoms with van der Waals surface area (Å²) in [5, 5.41) is 13.1. The van der Waals surface area contributed by atoms with Crippen LogP contribution in [-0.4, -0.2) is 0 Å². The molecule has 12 aromatic rings. The Hall–Kier alpha value is -7.80. The van der Waals surface area contributed by atoms with Crippen molar-refractivity contribution in [3.63, 3.8) is 0 Å². The van der Waals surface area contributed by atoms with E-state index in [1.165, 1.54) is 154 Å². The van der Waals surface area contributed by atoms with Crippen LogP contribution in [0, 0.1) is 0 Å². The van der Waals surface area contributed by atoms with Crippen LogP contribution in [0.3, 0.4) is 0 Å². The molecule has 0 aliphatic heterocycles. The smallest absolute Gasteiger partial charge is 0.0159 e. The van der Waals surface area contributed by atoms with Gasteiger partial charge in [0.05, 0.1) is 0 Å². The van der Waals surface area contributed by atoms with Gasteiger partial charge in [-0.25, -0.2) is 0 Å². The van der Waals surface area contributed by atoms with Gasteiger partial charge in [-0.05, 0) is 197 Å². The number of benzene rings is 12. The summed E-state index contributed by atoms with van der Waals surface area (Å²) >= 11 is 0. The van der Waals surface area contributed by atoms with Crippen LogP contribution in [0.2, 0.25) is 0 Å². The average molecular weight is 895 g/mol. The fourth-order valence-electron chi connectivity index (χ4n) is 13.4.